The summed E-state index contributed by atoms with van der Waals surface area (Å²) < 4.78 is 0. The first kappa shape index (κ1) is 17.9. The highest BCUT2D eigenvalue weighted by Gasteiger charge is 2.16. The third-order valence-electron chi connectivity index (χ3n) is 3.72. The van der Waals surface area contributed by atoms with Crippen LogP contribution in [0, 0.1) is 34.1 Å². The van der Waals surface area contributed by atoms with Crippen LogP contribution >= 0.6 is 0 Å². The first-order valence-corrected chi connectivity index (χ1v) is 7.33. The van der Waals surface area contributed by atoms with Crippen LogP contribution in [0.2, 0.25) is 0 Å². The zero-order chi connectivity index (χ0) is 18.6. The number of benzene rings is 2. The van der Waals surface area contributed by atoms with Crippen LogP contribution in [0.15, 0.2) is 36.4 Å². The normalized spacial score (nSPS) is 10.2. The van der Waals surface area contributed by atoms with Crippen LogP contribution < -0.4 is 10.6 Å². The topological polar surface area (TPSA) is 127 Å². The van der Waals surface area contributed by atoms with Crippen molar-refractivity contribution in [1.82, 2.24) is 0 Å². The molecule has 1 amide bonds. The second-order valence-electron chi connectivity index (χ2n) is 5.32. The minimum absolute atomic E-state index is 0.0417. The SMILES string of the molecule is Cc1c(NCC(=O)Nc2cccc([N+](=O)[O-])c2C)cccc1[N+](=O)[O-]. The van der Waals surface area contributed by atoms with Gasteiger partial charge >= 0.3 is 0 Å². The van der Waals surface area contributed by atoms with E-state index in [1.165, 1.54) is 24.3 Å². The fourth-order valence-corrected chi connectivity index (χ4v) is 2.34. The van der Waals surface area contributed by atoms with E-state index in [-0.39, 0.29) is 17.9 Å². The van der Waals surface area contributed by atoms with Crippen LogP contribution in [0.1, 0.15) is 11.1 Å². The summed E-state index contributed by atoms with van der Waals surface area (Å²) in [4.78, 5) is 32.9. The van der Waals surface area contributed by atoms with Crippen molar-refractivity contribution in [2.24, 2.45) is 0 Å². The van der Waals surface area contributed by atoms with E-state index in [4.69, 9.17) is 0 Å². The van der Waals surface area contributed by atoms with E-state index >= 15 is 0 Å². The largest absolute Gasteiger partial charge is 0.376 e. The number of hydrogen-bond donors (Lipinski definition) is 2. The maximum atomic E-state index is 12.1. The number of nitrogens with one attached hydrogen (secondary N) is 2. The number of hydrogen-bond acceptors (Lipinski definition) is 6. The Bertz CT molecular complexity index is 850. The van der Waals surface area contributed by atoms with Crippen LogP contribution in [0.25, 0.3) is 0 Å². The van der Waals surface area contributed by atoms with Gasteiger partial charge in [-0.3, -0.25) is 25.0 Å². The van der Waals surface area contributed by atoms with Gasteiger partial charge in [0.15, 0.2) is 0 Å². The summed E-state index contributed by atoms with van der Waals surface area (Å²) in [5.74, 6) is -0.422. The molecular weight excluding hydrogens is 328 g/mol. The van der Waals surface area contributed by atoms with Crippen LogP contribution in [-0.4, -0.2) is 22.3 Å². The molecule has 0 spiro atoms. The monoisotopic (exact) mass is 344 g/mol. The molecule has 0 aliphatic heterocycles. The summed E-state index contributed by atoms with van der Waals surface area (Å²) in [7, 11) is 0. The number of carbonyl (C=O) groups excluding carboxylic acids is 1. The van der Waals surface area contributed by atoms with Gasteiger partial charge in [0.2, 0.25) is 5.91 Å². The molecule has 0 saturated heterocycles. The number of nitro benzene ring substituents is 2. The molecule has 0 aliphatic carbocycles. The average molecular weight is 344 g/mol. The first-order chi connectivity index (χ1) is 11.8. The molecule has 130 valence electrons. The molecule has 9 heteroatoms. The quantitative estimate of drug-likeness (QED) is 0.612. The molecule has 0 unspecified atom stereocenters. The number of carbonyl (C=O) groups is 1. The Balaban J connectivity index is 2.08. The lowest BCUT2D eigenvalue weighted by atomic mass is 10.1. The summed E-state index contributed by atoms with van der Waals surface area (Å²) in [5, 5.41) is 27.3. The van der Waals surface area contributed by atoms with Crippen molar-refractivity contribution in [3.8, 4) is 0 Å². The molecule has 9 nitrogen and oxygen atoms in total. The van der Waals surface area contributed by atoms with Gasteiger partial charge in [-0.1, -0.05) is 12.1 Å². The van der Waals surface area contributed by atoms with Crippen molar-refractivity contribution in [2.75, 3.05) is 17.2 Å². The zero-order valence-corrected chi connectivity index (χ0v) is 13.6. The number of rotatable bonds is 6. The number of nitrogens with zero attached hydrogens (tertiary/aromatic N) is 2. The molecule has 0 saturated carbocycles. The fraction of sp³-hybridized carbons (Fsp3) is 0.188. The lowest BCUT2D eigenvalue weighted by molar-refractivity contribution is -0.385. The molecule has 2 aromatic carbocycles. The Kier molecular flexibility index (Phi) is 5.28. The summed E-state index contributed by atoms with van der Waals surface area (Å²) in [6, 6.07) is 8.95. The fourth-order valence-electron chi connectivity index (χ4n) is 2.34. The van der Waals surface area contributed by atoms with Gasteiger partial charge in [-0.15, -0.1) is 0 Å². The molecule has 2 N–H and O–H groups in total. The zero-order valence-electron chi connectivity index (χ0n) is 13.6. The Morgan fingerprint density at radius 2 is 1.40 bits per heavy atom. The molecule has 2 rings (SSSR count). The summed E-state index contributed by atoms with van der Waals surface area (Å²) in [6.45, 7) is 3.00. The minimum atomic E-state index is -0.518. The van der Waals surface area contributed by atoms with E-state index in [9.17, 15) is 25.0 Å². The molecule has 0 aliphatic rings. The lowest BCUT2D eigenvalue weighted by Crippen LogP contribution is -2.22. The smallest absolute Gasteiger partial charge is 0.274 e. The third kappa shape index (κ3) is 4.08. The second-order valence-corrected chi connectivity index (χ2v) is 5.32. The highest BCUT2D eigenvalue weighted by molar-refractivity contribution is 5.95. The lowest BCUT2D eigenvalue weighted by Gasteiger charge is -2.11. The molecule has 0 radical (unpaired) electrons. The minimum Gasteiger partial charge on any atom is -0.376 e. The molecule has 0 aromatic heterocycles. The molecule has 25 heavy (non-hydrogen) atoms. The van der Waals surface area contributed by atoms with Crippen molar-refractivity contribution >= 4 is 28.7 Å². The van der Waals surface area contributed by atoms with Gasteiger partial charge in [0.1, 0.15) is 0 Å². The molecule has 0 fully saturated rings. The predicted molar refractivity (Wildman–Crippen MR) is 92.8 cm³/mol. The van der Waals surface area contributed by atoms with E-state index in [0.29, 0.717) is 22.5 Å². The third-order valence-corrected chi connectivity index (χ3v) is 3.72. The molecule has 0 atom stereocenters. The van der Waals surface area contributed by atoms with Crippen LogP contribution in [-0.2, 0) is 4.79 Å². The Morgan fingerprint density at radius 1 is 0.920 bits per heavy atom. The van der Waals surface area contributed by atoms with Crippen molar-refractivity contribution in [3.05, 3.63) is 67.8 Å². The maximum absolute atomic E-state index is 12.1. The van der Waals surface area contributed by atoms with E-state index in [2.05, 4.69) is 10.6 Å². The highest BCUT2D eigenvalue weighted by atomic mass is 16.6. The maximum Gasteiger partial charge on any atom is 0.274 e. The van der Waals surface area contributed by atoms with Crippen molar-refractivity contribution in [3.63, 3.8) is 0 Å². The van der Waals surface area contributed by atoms with Crippen LogP contribution in [0.5, 0.6) is 0 Å². The Hall–Kier alpha value is -3.49. The van der Waals surface area contributed by atoms with Gasteiger partial charge in [-0.05, 0) is 26.0 Å². The van der Waals surface area contributed by atoms with Crippen molar-refractivity contribution in [2.45, 2.75) is 13.8 Å². The van der Waals surface area contributed by atoms with Crippen molar-refractivity contribution in [1.29, 1.82) is 0 Å². The summed E-state index contributed by atoms with van der Waals surface area (Å²) >= 11 is 0. The Morgan fingerprint density at radius 3 is 1.92 bits per heavy atom. The van der Waals surface area contributed by atoms with Gasteiger partial charge in [-0.2, -0.15) is 0 Å². The first-order valence-electron chi connectivity index (χ1n) is 7.33. The van der Waals surface area contributed by atoms with E-state index < -0.39 is 15.8 Å². The molecule has 0 bridgehead atoms. The van der Waals surface area contributed by atoms with Gasteiger partial charge in [-0.25, -0.2) is 0 Å². The molecule has 2 aromatic rings. The van der Waals surface area contributed by atoms with E-state index in [0.717, 1.165) is 0 Å². The van der Waals surface area contributed by atoms with E-state index in [1.54, 1.807) is 26.0 Å². The number of amides is 1. The van der Waals surface area contributed by atoms with Crippen molar-refractivity contribution < 1.29 is 14.6 Å². The van der Waals surface area contributed by atoms with Gasteiger partial charge in [0.25, 0.3) is 11.4 Å². The van der Waals surface area contributed by atoms with Gasteiger partial charge < -0.3 is 10.6 Å². The number of anilines is 2. The highest BCUT2D eigenvalue weighted by Crippen LogP contribution is 2.26. The second kappa shape index (κ2) is 7.39. The van der Waals surface area contributed by atoms with Crippen LogP contribution in [0.4, 0.5) is 22.7 Å². The average Bonchev–Trinajstić information content (AvgIpc) is 2.55. The number of nitro groups is 2. The van der Waals surface area contributed by atoms with Gasteiger partial charge in [0, 0.05) is 23.4 Å². The standard InChI is InChI=1S/C16H16N4O5/c1-10-12(5-3-7-14(10)19(22)23)17-9-16(21)18-13-6-4-8-15(11(13)2)20(24)25/h3-8,17H,9H2,1-2H3,(H,18,21). The Labute approximate surface area is 143 Å². The molecule has 0 heterocycles. The predicted octanol–water partition coefficient (Wildman–Crippen LogP) is 3.17. The van der Waals surface area contributed by atoms with E-state index in [1.807, 2.05) is 0 Å². The summed E-state index contributed by atoms with van der Waals surface area (Å²) in [5.41, 5.74) is 1.47. The molecular formula is C16H16N4O5. The van der Waals surface area contributed by atoms with Gasteiger partial charge in [0.05, 0.1) is 27.6 Å². The summed E-state index contributed by atoms with van der Waals surface area (Å²) in [6.07, 6.45) is 0. The van der Waals surface area contributed by atoms with Crippen LogP contribution in [0.3, 0.4) is 0 Å².